The summed E-state index contributed by atoms with van der Waals surface area (Å²) in [6.45, 7) is 6.20. The molecular formula is C12H24N2. The third kappa shape index (κ3) is 2.96. The minimum atomic E-state index is 0.799. The Morgan fingerprint density at radius 2 is 1.86 bits per heavy atom. The number of piperidine rings is 1. The molecule has 1 unspecified atom stereocenters. The second-order valence-electron chi connectivity index (χ2n) is 5.30. The molecule has 0 aromatic carbocycles. The Hall–Kier alpha value is -0.0800. The molecule has 0 amide bonds. The lowest BCUT2D eigenvalue weighted by Crippen LogP contribution is -2.42. The van der Waals surface area contributed by atoms with Crippen LogP contribution in [0.3, 0.4) is 0 Å². The van der Waals surface area contributed by atoms with Crippen LogP contribution in [0.25, 0.3) is 0 Å². The number of hydrogen-bond acceptors (Lipinski definition) is 2. The Balaban J connectivity index is 1.60. The highest BCUT2D eigenvalue weighted by molar-refractivity contribution is 4.82. The lowest BCUT2D eigenvalue weighted by Gasteiger charge is -2.30. The molecule has 0 aromatic heterocycles. The smallest absolute Gasteiger partial charge is 0.00915 e. The molecule has 1 saturated heterocycles. The van der Waals surface area contributed by atoms with Gasteiger partial charge in [-0.3, -0.25) is 0 Å². The van der Waals surface area contributed by atoms with Crippen molar-refractivity contribution in [3.63, 3.8) is 0 Å². The Bertz CT molecular complexity index is 169. The van der Waals surface area contributed by atoms with E-state index in [4.69, 9.17) is 0 Å². The molecule has 1 saturated carbocycles. The van der Waals surface area contributed by atoms with Gasteiger partial charge in [-0.05, 0) is 64.2 Å². The van der Waals surface area contributed by atoms with Gasteiger partial charge >= 0.3 is 0 Å². The van der Waals surface area contributed by atoms with E-state index in [1.807, 2.05) is 0 Å². The quantitative estimate of drug-likeness (QED) is 0.736. The van der Waals surface area contributed by atoms with Gasteiger partial charge in [0, 0.05) is 6.04 Å². The highest BCUT2D eigenvalue weighted by atomic mass is 15.1. The van der Waals surface area contributed by atoms with Crippen molar-refractivity contribution >= 4 is 0 Å². The largest absolute Gasteiger partial charge is 0.314 e. The normalized spacial score (nSPS) is 27.9. The van der Waals surface area contributed by atoms with Gasteiger partial charge in [0.15, 0.2) is 0 Å². The van der Waals surface area contributed by atoms with Crippen molar-refractivity contribution in [3.05, 3.63) is 0 Å². The number of nitrogens with zero attached hydrogens (tertiary/aromatic N) is 1. The third-order valence-corrected chi connectivity index (χ3v) is 3.87. The van der Waals surface area contributed by atoms with Crippen LogP contribution in [0, 0.1) is 11.8 Å². The van der Waals surface area contributed by atoms with Crippen molar-refractivity contribution in [2.24, 2.45) is 11.8 Å². The Kier molecular flexibility index (Phi) is 3.45. The molecule has 0 spiro atoms. The average Bonchev–Trinajstić information content (AvgIpc) is 3.00. The summed E-state index contributed by atoms with van der Waals surface area (Å²) >= 11 is 0. The molecule has 2 heteroatoms. The van der Waals surface area contributed by atoms with E-state index >= 15 is 0 Å². The molecule has 0 aromatic rings. The molecule has 1 atom stereocenters. The molecule has 2 aliphatic rings. The summed E-state index contributed by atoms with van der Waals surface area (Å²) in [6.07, 6.45) is 5.65. The van der Waals surface area contributed by atoms with Gasteiger partial charge in [-0.1, -0.05) is 6.92 Å². The number of hydrogen-bond donors (Lipinski definition) is 1. The fourth-order valence-electron chi connectivity index (χ4n) is 2.40. The fourth-order valence-corrected chi connectivity index (χ4v) is 2.40. The monoisotopic (exact) mass is 196 g/mol. The zero-order valence-electron chi connectivity index (χ0n) is 9.63. The fraction of sp³-hybridized carbons (Fsp3) is 1.00. The van der Waals surface area contributed by atoms with E-state index in [0.29, 0.717) is 0 Å². The summed E-state index contributed by atoms with van der Waals surface area (Å²) in [4.78, 5) is 2.43. The van der Waals surface area contributed by atoms with E-state index in [-0.39, 0.29) is 0 Å². The van der Waals surface area contributed by atoms with Gasteiger partial charge in [-0.2, -0.15) is 0 Å². The first-order valence-corrected chi connectivity index (χ1v) is 6.17. The van der Waals surface area contributed by atoms with E-state index in [2.05, 4.69) is 24.2 Å². The molecule has 0 bridgehead atoms. The van der Waals surface area contributed by atoms with Crippen LogP contribution in [-0.4, -0.2) is 37.6 Å². The molecule has 14 heavy (non-hydrogen) atoms. The molecule has 2 nitrogen and oxygen atoms in total. The van der Waals surface area contributed by atoms with Crippen molar-refractivity contribution in [1.29, 1.82) is 0 Å². The summed E-state index contributed by atoms with van der Waals surface area (Å²) in [5, 5.41) is 3.74. The first-order valence-electron chi connectivity index (χ1n) is 6.17. The Morgan fingerprint density at radius 1 is 1.21 bits per heavy atom. The van der Waals surface area contributed by atoms with Crippen LogP contribution in [-0.2, 0) is 0 Å². The first-order chi connectivity index (χ1) is 6.75. The second-order valence-corrected chi connectivity index (χ2v) is 5.30. The first kappa shape index (κ1) is 10.4. The van der Waals surface area contributed by atoms with Gasteiger partial charge < -0.3 is 10.2 Å². The molecule has 2 fully saturated rings. The number of rotatable bonds is 4. The Labute approximate surface area is 88.1 Å². The highest BCUT2D eigenvalue weighted by Crippen LogP contribution is 2.36. The molecule has 1 aliphatic carbocycles. The van der Waals surface area contributed by atoms with Gasteiger partial charge in [0.25, 0.3) is 0 Å². The average molecular weight is 196 g/mol. The summed E-state index contributed by atoms with van der Waals surface area (Å²) in [5.74, 6) is 1.96. The standard InChI is InChI=1S/C12H24N2/c1-10(11-3-4-11)9-13-12-5-7-14(2)8-6-12/h10-13H,3-9H2,1-2H3. The van der Waals surface area contributed by atoms with Gasteiger partial charge in [-0.25, -0.2) is 0 Å². The minimum Gasteiger partial charge on any atom is -0.314 e. The number of nitrogens with one attached hydrogen (secondary N) is 1. The maximum atomic E-state index is 3.74. The zero-order chi connectivity index (χ0) is 9.97. The summed E-state index contributed by atoms with van der Waals surface area (Å²) in [6, 6.07) is 0.799. The van der Waals surface area contributed by atoms with E-state index < -0.39 is 0 Å². The van der Waals surface area contributed by atoms with Crippen molar-refractivity contribution in [2.75, 3.05) is 26.7 Å². The maximum absolute atomic E-state index is 3.74. The predicted octanol–water partition coefficient (Wildman–Crippen LogP) is 1.72. The molecule has 1 heterocycles. The van der Waals surface area contributed by atoms with Crippen molar-refractivity contribution < 1.29 is 0 Å². The topological polar surface area (TPSA) is 15.3 Å². The summed E-state index contributed by atoms with van der Waals surface area (Å²) < 4.78 is 0. The molecule has 1 aliphatic heterocycles. The molecule has 0 radical (unpaired) electrons. The maximum Gasteiger partial charge on any atom is 0.00915 e. The van der Waals surface area contributed by atoms with E-state index in [1.165, 1.54) is 45.3 Å². The van der Waals surface area contributed by atoms with Crippen molar-refractivity contribution in [1.82, 2.24) is 10.2 Å². The van der Waals surface area contributed by atoms with Crippen LogP contribution in [0.4, 0.5) is 0 Å². The van der Waals surface area contributed by atoms with Gasteiger partial charge in [-0.15, -0.1) is 0 Å². The van der Waals surface area contributed by atoms with Crippen LogP contribution in [0.15, 0.2) is 0 Å². The Morgan fingerprint density at radius 3 is 2.43 bits per heavy atom. The van der Waals surface area contributed by atoms with Crippen LogP contribution >= 0.6 is 0 Å². The lowest BCUT2D eigenvalue weighted by molar-refractivity contribution is 0.229. The highest BCUT2D eigenvalue weighted by Gasteiger charge is 2.28. The van der Waals surface area contributed by atoms with Gasteiger partial charge in [0.05, 0.1) is 0 Å². The van der Waals surface area contributed by atoms with E-state index in [9.17, 15) is 0 Å². The minimum absolute atomic E-state index is 0.799. The zero-order valence-corrected chi connectivity index (χ0v) is 9.63. The summed E-state index contributed by atoms with van der Waals surface area (Å²) in [5.41, 5.74) is 0. The SMILES string of the molecule is CC(CNC1CCN(C)CC1)C1CC1. The van der Waals surface area contributed by atoms with Gasteiger partial charge in [0.2, 0.25) is 0 Å². The van der Waals surface area contributed by atoms with E-state index in [1.54, 1.807) is 0 Å². The van der Waals surface area contributed by atoms with E-state index in [0.717, 1.165) is 17.9 Å². The van der Waals surface area contributed by atoms with Gasteiger partial charge in [0.1, 0.15) is 0 Å². The summed E-state index contributed by atoms with van der Waals surface area (Å²) in [7, 11) is 2.23. The molecule has 2 rings (SSSR count). The molecular weight excluding hydrogens is 172 g/mol. The molecule has 82 valence electrons. The second kappa shape index (κ2) is 4.63. The molecule has 1 N–H and O–H groups in total. The van der Waals surface area contributed by atoms with Crippen molar-refractivity contribution in [3.8, 4) is 0 Å². The lowest BCUT2D eigenvalue weighted by atomic mass is 10.0. The van der Waals surface area contributed by atoms with Crippen LogP contribution in [0.2, 0.25) is 0 Å². The van der Waals surface area contributed by atoms with Crippen LogP contribution in [0.5, 0.6) is 0 Å². The van der Waals surface area contributed by atoms with Crippen molar-refractivity contribution in [2.45, 2.75) is 38.6 Å². The third-order valence-electron chi connectivity index (χ3n) is 3.87. The predicted molar refractivity (Wildman–Crippen MR) is 60.4 cm³/mol. The number of likely N-dealkylation sites (tertiary alicyclic amines) is 1. The van der Waals surface area contributed by atoms with Crippen LogP contribution in [0.1, 0.15) is 32.6 Å². The van der Waals surface area contributed by atoms with Crippen LogP contribution < -0.4 is 5.32 Å².